The molecule has 0 bridgehead atoms. The fourth-order valence-corrected chi connectivity index (χ4v) is 2.80. The van der Waals surface area contributed by atoms with Crippen molar-refractivity contribution in [2.24, 2.45) is 0 Å². The Morgan fingerprint density at radius 2 is 1.70 bits per heavy atom. The number of ketones is 2. The highest BCUT2D eigenvalue weighted by molar-refractivity contribution is 6.30. The molecule has 0 aliphatic carbocycles. The van der Waals surface area contributed by atoms with E-state index in [2.05, 4.69) is 6.58 Å². The molecule has 0 aliphatic heterocycles. The predicted molar refractivity (Wildman–Crippen MR) is 113 cm³/mol. The van der Waals surface area contributed by atoms with Gasteiger partial charge >= 0.3 is 5.97 Å². The maximum atomic E-state index is 12.8. The van der Waals surface area contributed by atoms with E-state index in [1.165, 1.54) is 0 Å². The first-order valence-electron chi connectivity index (χ1n) is 9.40. The zero-order valence-electron chi connectivity index (χ0n) is 16.4. The van der Waals surface area contributed by atoms with Crippen LogP contribution in [0.1, 0.15) is 39.1 Å². The SMILES string of the molecule is C=CC(=O)OCCOCC(O)CCC(=O)c1ccccc1C(=O)c1ccc(Cl)cc1. The Morgan fingerprint density at radius 1 is 1.03 bits per heavy atom. The van der Waals surface area contributed by atoms with E-state index in [0.29, 0.717) is 21.7 Å². The summed E-state index contributed by atoms with van der Waals surface area (Å²) in [6, 6.07) is 13.1. The normalized spacial score (nSPS) is 11.5. The first-order chi connectivity index (χ1) is 14.4. The Hall–Kier alpha value is -2.80. The minimum atomic E-state index is -0.858. The number of halogens is 1. The van der Waals surface area contributed by atoms with Gasteiger partial charge in [0.2, 0.25) is 0 Å². The highest BCUT2D eigenvalue weighted by Crippen LogP contribution is 2.19. The van der Waals surface area contributed by atoms with Crippen LogP contribution in [0.3, 0.4) is 0 Å². The molecule has 0 radical (unpaired) electrons. The molecule has 0 aromatic heterocycles. The molecule has 30 heavy (non-hydrogen) atoms. The van der Waals surface area contributed by atoms with E-state index in [-0.39, 0.29) is 44.2 Å². The molecular weight excluding hydrogens is 408 g/mol. The van der Waals surface area contributed by atoms with Gasteiger partial charge in [-0.05, 0) is 30.7 Å². The van der Waals surface area contributed by atoms with Crippen molar-refractivity contribution in [1.82, 2.24) is 0 Å². The van der Waals surface area contributed by atoms with E-state index in [0.717, 1.165) is 6.08 Å². The third-order valence-corrected chi connectivity index (χ3v) is 4.48. The zero-order valence-corrected chi connectivity index (χ0v) is 17.1. The van der Waals surface area contributed by atoms with Crippen molar-refractivity contribution in [1.29, 1.82) is 0 Å². The highest BCUT2D eigenvalue weighted by atomic mass is 35.5. The van der Waals surface area contributed by atoms with Crippen LogP contribution in [0.2, 0.25) is 5.02 Å². The number of ether oxygens (including phenoxy) is 2. The second-order valence-electron chi connectivity index (χ2n) is 6.44. The van der Waals surface area contributed by atoms with Gasteiger partial charge in [-0.1, -0.05) is 42.4 Å². The lowest BCUT2D eigenvalue weighted by Gasteiger charge is -2.12. The van der Waals surface area contributed by atoms with E-state index < -0.39 is 12.1 Å². The standard InChI is InChI=1S/C23H23ClO6/c1-2-22(27)30-14-13-29-15-18(25)11-12-21(26)19-5-3-4-6-20(19)23(28)16-7-9-17(24)10-8-16/h2-10,18,25H,1,11-15H2. The maximum absolute atomic E-state index is 12.8. The molecule has 1 unspecified atom stereocenters. The van der Waals surface area contributed by atoms with E-state index in [9.17, 15) is 19.5 Å². The van der Waals surface area contributed by atoms with Gasteiger partial charge in [0, 0.05) is 34.2 Å². The Labute approximate surface area is 180 Å². The van der Waals surface area contributed by atoms with Gasteiger partial charge in [-0.15, -0.1) is 0 Å². The number of Topliss-reactive ketones (excluding diaryl/α,β-unsaturated/α-hetero) is 1. The topological polar surface area (TPSA) is 89.9 Å². The molecule has 0 aliphatic rings. The van der Waals surface area contributed by atoms with E-state index in [1.807, 2.05) is 0 Å². The van der Waals surface area contributed by atoms with Gasteiger partial charge < -0.3 is 14.6 Å². The third-order valence-electron chi connectivity index (χ3n) is 4.23. The van der Waals surface area contributed by atoms with Gasteiger partial charge in [0.05, 0.1) is 19.3 Å². The van der Waals surface area contributed by atoms with E-state index in [4.69, 9.17) is 21.1 Å². The summed E-state index contributed by atoms with van der Waals surface area (Å²) in [5, 5.41) is 10.5. The molecule has 2 rings (SSSR count). The van der Waals surface area contributed by atoms with Gasteiger partial charge in [-0.3, -0.25) is 9.59 Å². The van der Waals surface area contributed by atoms with Gasteiger partial charge in [0.25, 0.3) is 0 Å². The number of hydrogen-bond acceptors (Lipinski definition) is 6. The molecule has 0 spiro atoms. The van der Waals surface area contributed by atoms with Crippen molar-refractivity contribution < 1.29 is 29.0 Å². The third kappa shape index (κ3) is 7.22. The molecule has 0 saturated carbocycles. The smallest absolute Gasteiger partial charge is 0.330 e. The predicted octanol–water partition coefficient (Wildman–Crippen LogP) is 3.64. The average Bonchev–Trinajstić information content (AvgIpc) is 2.77. The van der Waals surface area contributed by atoms with Crippen LogP contribution in [0.5, 0.6) is 0 Å². The van der Waals surface area contributed by atoms with Gasteiger partial charge in [0.15, 0.2) is 11.6 Å². The summed E-state index contributed by atoms with van der Waals surface area (Å²) in [6.07, 6.45) is 0.425. The van der Waals surface area contributed by atoms with Crippen LogP contribution in [0, 0.1) is 0 Å². The number of aliphatic hydroxyl groups is 1. The molecule has 6 nitrogen and oxygen atoms in total. The van der Waals surface area contributed by atoms with Crippen LogP contribution in [-0.2, 0) is 14.3 Å². The molecular formula is C23H23ClO6. The van der Waals surface area contributed by atoms with Gasteiger partial charge in [-0.2, -0.15) is 0 Å². The summed E-state index contributed by atoms with van der Waals surface area (Å²) in [4.78, 5) is 36.3. The van der Waals surface area contributed by atoms with Crippen molar-refractivity contribution >= 4 is 29.1 Å². The van der Waals surface area contributed by atoms with Gasteiger partial charge in [-0.25, -0.2) is 4.79 Å². The molecule has 158 valence electrons. The van der Waals surface area contributed by atoms with E-state index >= 15 is 0 Å². The van der Waals surface area contributed by atoms with Crippen LogP contribution in [-0.4, -0.2) is 48.6 Å². The minimum absolute atomic E-state index is 0.00424. The van der Waals surface area contributed by atoms with Gasteiger partial charge in [0.1, 0.15) is 6.61 Å². The van der Waals surface area contributed by atoms with Crippen LogP contribution in [0.4, 0.5) is 0 Å². The number of carbonyl (C=O) groups excluding carboxylic acids is 3. The second-order valence-corrected chi connectivity index (χ2v) is 6.88. The highest BCUT2D eigenvalue weighted by Gasteiger charge is 2.19. The summed E-state index contributed by atoms with van der Waals surface area (Å²) < 4.78 is 9.97. The molecule has 0 amide bonds. The van der Waals surface area contributed by atoms with Crippen molar-refractivity contribution in [2.45, 2.75) is 18.9 Å². The summed E-state index contributed by atoms with van der Waals surface area (Å²) in [5.74, 6) is -1.06. The van der Waals surface area contributed by atoms with E-state index in [1.54, 1.807) is 48.5 Å². The lowest BCUT2D eigenvalue weighted by Crippen LogP contribution is -2.19. The van der Waals surface area contributed by atoms with Crippen LogP contribution in [0.25, 0.3) is 0 Å². The Balaban J connectivity index is 1.88. The Morgan fingerprint density at radius 3 is 2.37 bits per heavy atom. The maximum Gasteiger partial charge on any atom is 0.330 e. The lowest BCUT2D eigenvalue weighted by molar-refractivity contribution is -0.139. The minimum Gasteiger partial charge on any atom is -0.460 e. The number of aliphatic hydroxyl groups excluding tert-OH is 1. The number of esters is 1. The number of carbonyl (C=O) groups is 3. The molecule has 2 aromatic carbocycles. The van der Waals surface area contributed by atoms with Crippen molar-refractivity contribution in [3.63, 3.8) is 0 Å². The average molecular weight is 431 g/mol. The molecule has 7 heteroatoms. The number of rotatable bonds is 12. The first kappa shape index (κ1) is 23.5. The molecule has 0 saturated heterocycles. The van der Waals surface area contributed by atoms with Crippen LogP contribution in [0.15, 0.2) is 61.2 Å². The van der Waals surface area contributed by atoms with Crippen molar-refractivity contribution in [2.75, 3.05) is 19.8 Å². The summed E-state index contributed by atoms with van der Waals surface area (Å²) in [5.41, 5.74) is 1.05. The fraction of sp³-hybridized carbons (Fsp3) is 0.261. The monoisotopic (exact) mass is 430 g/mol. The molecule has 0 fully saturated rings. The summed E-state index contributed by atoms with van der Waals surface area (Å²) >= 11 is 5.86. The quantitative estimate of drug-likeness (QED) is 0.239. The second kappa shape index (κ2) is 12.0. The first-order valence-corrected chi connectivity index (χ1v) is 9.77. The Bertz CT molecular complexity index is 891. The van der Waals surface area contributed by atoms with Crippen LogP contribution >= 0.6 is 11.6 Å². The Kier molecular flexibility index (Phi) is 9.41. The fourth-order valence-electron chi connectivity index (χ4n) is 2.68. The molecule has 1 atom stereocenters. The number of hydrogen-bond donors (Lipinski definition) is 1. The lowest BCUT2D eigenvalue weighted by atomic mass is 9.94. The van der Waals surface area contributed by atoms with Crippen molar-refractivity contribution in [3.05, 3.63) is 82.9 Å². The number of benzene rings is 2. The zero-order chi connectivity index (χ0) is 21.9. The van der Waals surface area contributed by atoms with Crippen molar-refractivity contribution in [3.8, 4) is 0 Å². The summed E-state index contributed by atoms with van der Waals surface area (Å²) in [6.45, 7) is 3.46. The molecule has 1 N–H and O–H groups in total. The largest absolute Gasteiger partial charge is 0.460 e. The summed E-state index contributed by atoms with van der Waals surface area (Å²) in [7, 11) is 0. The molecule has 2 aromatic rings. The van der Waals surface area contributed by atoms with Crippen LogP contribution < -0.4 is 0 Å². The molecule has 0 heterocycles.